The van der Waals surface area contributed by atoms with Crippen molar-refractivity contribution in [3.8, 4) is 0 Å². The Labute approximate surface area is 111 Å². The zero-order chi connectivity index (χ0) is 13.4. The van der Waals surface area contributed by atoms with Crippen LogP contribution in [0.1, 0.15) is 37.8 Å². The second kappa shape index (κ2) is 8.11. The van der Waals surface area contributed by atoms with E-state index in [0.29, 0.717) is 5.69 Å². The van der Waals surface area contributed by atoms with Crippen molar-refractivity contribution < 1.29 is 5.11 Å². The topological polar surface area (TPSA) is 49.5 Å². The van der Waals surface area contributed by atoms with Gasteiger partial charge in [-0.1, -0.05) is 26.0 Å². The summed E-state index contributed by atoms with van der Waals surface area (Å²) in [6, 6.07) is 5.89. The van der Waals surface area contributed by atoms with E-state index < -0.39 is 0 Å². The molecule has 0 atom stereocenters. The maximum atomic E-state index is 9.38. The van der Waals surface area contributed by atoms with Crippen LogP contribution in [-0.2, 0) is 13.0 Å². The predicted octanol–water partition coefficient (Wildman–Crippen LogP) is 2.43. The van der Waals surface area contributed by atoms with Crippen LogP contribution in [0.2, 0.25) is 0 Å². The van der Waals surface area contributed by atoms with Crippen molar-refractivity contribution >= 4 is 5.69 Å². The summed E-state index contributed by atoms with van der Waals surface area (Å²) in [6.45, 7) is 7.78. The Balaban J connectivity index is 2.63. The first-order valence-corrected chi connectivity index (χ1v) is 6.92. The molecule has 0 heterocycles. The SMILES string of the molecule is CCCN(CCC)CCc1cccc(N)c1CO. The molecule has 102 valence electrons. The van der Waals surface area contributed by atoms with Crippen LogP contribution in [-0.4, -0.2) is 29.6 Å². The van der Waals surface area contributed by atoms with E-state index in [4.69, 9.17) is 5.73 Å². The molecule has 0 amide bonds. The smallest absolute Gasteiger partial charge is 0.0704 e. The minimum Gasteiger partial charge on any atom is -0.398 e. The van der Waals surface area contributed by atoms with E-state index in [9.17, 15) is 5.11 Å². The zero-order valence-corrected chi connectivity index (χ0v) is 11.7. The summed E-state index contributed by atoms with van der Waals surface area (Å²) in [7, 11) is 0. The molecular weight excluding hydrogens is 224 g/mol. The van der Waals surface area contributed by atoms with E-state index in [1.54, 1.807) is 0 Å². The van der Waals surface area contributed by atoms with Gasteiger partial charge in [0, 0.05) is 17.8 Å². The monoisotopic (exact) mass is 250 g/mol. The van der Waals surface area contributed by atoms with E-state index in [1.807, 2.05) is 12.1 Å². The van der Waals surface area contributed by atoms with Gasteiger partial charge >= 0.3 is 0 Å². The van der Waals surface area contributed by atoms with Crippen molar-refractivity contribution in [2.45, 2.75) is 39.7 Å². The van der Waals surface area contributed by atoms with Crippen LogP contribution in [0, 0.1) is 0 Å². The summed E-state index contributed by atoms with van der Waals surface area (Å²) in [4.78, 5) is 2.48. The molecule has 0 saturated heterocycles. The third-order valence-corrected chi connectivity index (χ3v) is 3.24. The number of hydrogen-bond acceptors (Lipinski definition) is 3. The highest BCUT2D eigenvalue weighted by Crippen LogP contribution is 2.17. The van der Waals surface area contributed by atoms with Gasteiger partial charge in [0.2, 0.25) is 0 Å². The maximum absolute atomic E-state index is 9.38. The zero-order valence-electron chi connectivity index (χ0n) is 11.7. The van der Waals surface area contributed by atoms with Gasteiger partial charge in [-0.3, -0.25) is 0 Å². The van der Waals surface area contributed by atoms with E-state index in [2.05, 4.69) is 24.8 Å². The average molecular weight is 250 g/mol. The second-order valence-electron chi connectivity index (χ2n) is 4.73. The molecule has 1 aromatic rings. The number of aliphatic hydroxyl groups excluding tert-OH is 1. The minimum atomic E-state index is 0.0313. The van der Waals surface area contributed by atoms with Crippen molar-refractivity contribution in [2.24, 2.45) is 0 Å². The summed E-state index contributed by atoms with van der Waals surface area (Å²) in [5, 5.41) is 9.38. The molecule has 1 rings (SSSR count). The third kappa shape index (κ3) is 4.31. The first-order chi connectivity index (χ1) is 8.72. The summed E-state index contributed by atoms with van der Waals surface area (Å²) < 4.78 is 0. The van der Waals surface area contributed by atoms with E-state index in [-0.39, 0.29) is 6.61 Å². The highest BCUT2D eigenvalue weighted by atomic mass is 16.3. The molecule has 3 heteroatoms. The Kier molecular flexibility index (Phi) is 6.76. The molecule has 3 N–H and O–H groups in total. The Bertz CT molecular complexity index is 346. The summed E-state index contributed by atoms with van der Waals surface area (Å²) in [5.41, 5.74) is 8.65. The molecule has 1 aromatic carbocycles. The fourth-order valence-corrected chi connectivity index (χ4v) is 2.33. The van der Waals surface area contributed by atoms with Crippen molar-refractivity contribution in [2.75, 3.05) is 25.4 Å². The van der Waals surface area contributed by atoms with Crippen LogP contribution in [0.4, 0.5) is 5.69 Å². The van der Waals surface area contributed by atoms with E-state index in [1.165, 1.54) is 18.4 Å². The lowest BCUT2D eigenvalue weighted by atomic mass is 10.0. The molecule has 0 bridgehead atoms. The first-order valence-electron chi connectivity index (χ1n) is 6.92. The van der Waals surface area contributed by atoms with Crippen LogP contribution in [0.15, 0.2) is 18.2 Å². The number of aliphatic hydroxyl groups is 1. The molecule has 0 saturated carbocycles. The normalized spacial score (nSPS) is 11.1. The molecule has 0 fully saturated rings. The van der Waals surface area contributed by atoms with Gasteiger partial charge < -0.3 is 15.7 Å². The van der Waals surface area contributed by atoms with Crippen LogP contribution in [0.3, 0.4) is 0 Å². The predicted molar refractivity (Wildman–Crippen MR) is 77.5 cm³/mol. The Hall–Kier alpha value is -1.06. The number of benzene rings is 1. The first kappa shape index (κ1) is 15.0. The van der Waals surface area contributed by atoms with Gasteiger partial charge in [-0.05, 0) is 44.0 Å². The van der Waals surface area contributed by atoms with Gasteiger partial charge in [0.15, 0.2) is 0 Å². The lowest BCUT2D eigenvalue weighted by Crippen LogP contribution is -2.28. The van der Waals surface area contributed by atoms with Gasteiger partial charge in [0.25, 0.3) is 0 Å². The lowest BCUT2D eigenvalue weighted by Gasteiger charge is -2.21. The molecule has 0 aromatic heterocycles. The quantitative estimate of drug-likeness (QED) is 0.697. The van der Waals surface area contributed by atoms with Gasteiger partial charge in [-0.15, -0.1) is 0 Å². The van der Waals surface area contributed by atoms with Gasteiger partial charge in [-0.2, -0.15) is 0 Å². The molecule has 0 spiro atoms. The second-order valence-corrected chi connectivity index (χ2v) is 4.73. The van der Waals surface area contributed by atoms with Crippen LogP contribution in [0.5, 0.6) is 0 Å². The van der Waals surface area contributed by atoms with Gasteiger partial charge in [0.1, 0.15) is 0 Å². The molecule has 0 radical (unpaired) electrons. The molecule has 0 aliphatic heterocycles. The van der Waals surface area contributed by atoms with Crippen molar-refractivity contribution in [3.05, 3.63) is 29.3 Å². The third-order valence-electron chi connectivity index (χ3n) is 3.24. The number of anilines is 1. The summed E-state index contributed by atoms with van der Waals surface area (Å²) in [6.07, 6.45) is 3.33. The lowest BCUT2D eigenvalue weighted by molar-refractivity contribution is 0.271. The molecule has 0 unspecified atom stereocenters. The molecule has 3 nitrogen and oxygen atoms in total. The van der Waals surface area contributed by atoms with Crippen molar-refractivity contribution in [1.82, 2.24) is 4.90 Å². The molecule has 18 heavy (non-hydrogen) atoms. The standard InChI is InChI=1S/C15H26N2O/c1-3-9-17(10-4-2)11-8-13-6-5-7-15(16)14(13)12-18/h5-7,18H,3-4,8-12,16H2,1-2H3. The van der Waals surface area contributed by atoms with Crippen molar-refractivity contribution in [3.63, 3.8) is 0 Å². The van der Waals surface area contributed by atoms with Crippen LogP contribution < -0.4 is 5.73 Å². The molecule has 0 aliphatic carbocycles. The number of nitrogens with two attached hydrogens (primary N) is 1. The number of nitrogens with zero attached hydrogens (tertiary/aromatic N) is 1. The van der Waals surface area contributed by atoms with E-state index in [0.717, 1.165) is 31.6 Å². The van der Waals surface area contributed by atoms with Gasteiger partial charge in [-0.25, -0.2) is 0 Å². The van der Waals surface area contributed by atoms with Crippen molar-refractivity contribution in [1.29, 1.82) is 0 Å². The maximum Gasteiger partial charge on any atom is 0.0704 e. The van der Waals surface area contributed by atoms with Crippen LogP contribution in [0.25, 0.3) is 0 Å². The summed E-state index contributed by atoms with van der Waals surface area (Å²) >= 11 is 0. The van der Waals surface area contributed by atoms with Gasteiger partial charge in [0.05, 0.1) is 6.61 Å². The Morgan fingerprint density at radius 3 is 2.33 bits per heavy atom. The highest BCUT2D eigenvalue weighted by molar-refractivity contribution is 5.50. The minimum absolute atomic E-state index is 0.0313. The van der Waals surface area contributed by atoms with Crippen LogP contribution >= 0.6 is 0 Å². The van der Waals surface area contributed by atoms with E-state index >= 15 is 0 Å². The highest BCUT2D eigenvalue weighted by Gasteiger charge is 2.07. The fourth-order valence-electron chi connectivity index (χ4n) is 2.33. The average Bonchev–Trinajstić information content (AvgIpc) is 2.36. The Morgan fingerprint density at radius 1 is 1.11 bits per heavy atom. The number of nitrogen functional groups attached to an aromatic ring is 1. The number of hydrogen-bond donors (Lipinski definition) is 2. The number of rotatable bonds is 8. The fraction of sp³-hybridized carbons (Fsp3) is 0.600. The summed E-state index contributed by atoms with van der Waals surface area (Å²) in [5.74, 6) is 0. The molecular formula is C15H26N2O. The molecule has 0 aliphatic rings. The largest absolute Gasteiger partial charge is 0.398 e. The Morgan fingerprint density at radius 2 is 1.78 bits per heavy atom.